The number of rotatable bonds is 13. The van der Waals surface area contributed by atoms with E-state index < -0.39 is 0 Å². The van der Waals surface area contributed by atoms with Crippen LogP contribution in [0.2, 0.25) is 0 Å². The number of amides is 1. The van der Waals surface area contributed by atoms with Crippen molar-refractivity contribution in [2.75, 3.05) is 40.4 Å². The second-order valence-electron chi connectivity index (χ2n) is 8.15. The minimum atomic E-state index is -0.137. The molecule has 0 saturated heterocycles. The van der Waals surface area contributed by atoms with Crippen molar-refractivity contribution in [3.8, 4) is 11.5 Å². The van der Waals surface area contributed by atoms with Gasteiger partial charge in [0.25, 0.3) is 0 Å². The van der Waals surface area contributed by atoms with Crippen LogP contribution in [0, 0.1) is 0 Å². The minimum absolute atomic E-state index is 0.137. The van der Waals surface area contributed by atoms with Gasteiger partial charge >= 0.3 is 0 Å². The van der Waals surface area contributed by atoms with Crippen molar-refractivity contribution in [3.05, 3.63) is 53.1 Å². The van der Waals surface area contributed by atoms with Crippen molar-refractivity contribution < 1.29 is 14.3 Å². The maximum absolute atomic E-state index is 12.1. The number of methoxy groups -OCH3 is 2. The van der Waals surface area contributed by atoms with E-state index in [1.807, 2.05) is 18.2 Å². The molecular weight excluding hydrogens is 416 g/mol. The molecule has 1 rings (SSSR count). The van der Waals surface area contributed by atoms with E-state index in [1.54, 1.807) is 20.3 Å². The number of guanidine groups is 1. The maximum atomic E-state index is 12.1. The second-order valence-corrected chi connectivity index (χ2v) is 8.15. The molecule has 7 heteroatoms. The van der Waals surface area contributed by atoms with Gasteiger partial charge in [-0.05, 0) is 64.3 Å². The van der Waals surface area contributed by atoms with Crippen LogP contribution in [-0.2, 0) is 4.79 Å². The van der Waals surface area contributed by atoms with E-state index in [0.29, 0.717) is 30.5 Å². The van der Waals surface area contributed by atoms with E-state index in [9.17, 15) is 4.79 Å². The van der Waals surface area contributed by atoms with Gasteiger partial charge in [0.05, 0.1) is 14.2 Å². The lowest BCUT2D eigenvalue weighted by atomic mass is 10.2. The highest BCUT2D eigenvalue weighted by Crippen LogP contribution is 2.27. The Balaban J connectivity index is 2.43. The number of nitrogens with two attached hydrogens (primary N) is 1. The summed E-state index contributed by atoms with van der Waals surface area (Å²) in [5.74, 6) is 1.69. The SMILES string of the molecule is COc1ccc(/C=C/C(=O)NCCCCN=C(N)N(CC=C(C)C)CC=C(C)C)cc1OC. The lowest BCUT2D eigenvalue weighted by Gasteiger charge is -2.21. The van der Waals surface area contributed by atoms with Gasteiger partial charge in [-0.1, -0.05) is 29.4 Å². The lowest BCUT2D eigenvalue weighted by molar-refractivity contribution is -0.116. The highest BCUT2D eigenvalue weighted by molar-refractivity contribution is 5.91. The molecular formula is C26H40N4O3. The summed E-state index contributed by atoms with van der Waals surface area (Å²) in [5.41, 5.74) is 9.57. The highest BCUT2D eigenvalue weighted by Gasteiger charge is 2.05. The molecule has 0 bridgehead atoms. The summed E-state index contributed by atoms with van der Waals surface area (Å²) in [7, 11) is 3.17. The van der Waals surface area contributed by atoms with Crippen LogP contribution in [0.5, 0.6) is 11.5 Å². The van der Waals surface area contributed by atoms with Crippen molar-refractivity contribution in [1.82, 2.24) is 10.2 Å². The first-order valence-electron chi connectivity index (χ1n) is 11.3. The summed E-state index contributed by atoms with van der Waals surface area (Å²) < 4.78 is 10.5. The molecule has 0 fully saturated rings. The molecule has 182 valence electrons. The van der Waals surface area contributed by atoms with Gasteiger partial charge in [-0.3, -0.25) is 9.79 Å². The fourth-order valence-corrected chi connectivity index (χ4v) is 2.78. The number of hydrogen-bond donors (Lipinski definition) is 2. The van der Waals surface area contributed by atoms with Gasteiger partial charge in [-0.2, -0.15) is 0 Å². The number of benzene rings is 1. The van der Waals surface area contributed by atoms with Crippen LogP contribution in [0.4, 0.5) is 0 Å². The van der Waals surface area contributed by atoms with Crippen LogP contribution in [0.3, 0.4) is 0 Å². The molecule has 0 atom stereocenters. The molecule has 0 aliphatic heterocycles. The second kappa shape index (κ2) is 15.6. The van der Waals surface area contributed by atoms with E-state index in [4.69, 9.17) is 15.2 Å². The summed E-state index contributed by atoms with van der Waals surface area (Å²) in [5, 5.41) is 2.89. The zero-order valence-corrected chi connectivity index (χ0v) is 21.0. The summed E-state index contributed by atoms with van der Waals surface area (Å²) in [6.45, 7) is 11.0. The largest absolute Gasteiger partial charge is 0.493 e. The van der Waals surface area contributed by atoms with Crippen molar-refractivity contribution in [3.63, 3.8) is 0 Å². The van der Waals surface area contributed by atoms with Crippen molar-refractivity contribution in [2.24, 2.45) is 10.7 Å². The van der Waals surface area contributed by atoms with Crippen LogP contribution in [0.25, 0.3) is 6.08 Å². The Hall–Kier alpha value is -3.22. The van der Waals surface area contributed by atoms with Gasteiger partial charge in [-0.25, -0.2) is 0 Å². The molecule has 0 radical (unpaired) electrons. The van der Waals surface area contributed by atoms with Crippen LogP contribution in [0.15, 0.2) is 52.6 Å². The molecule has 3 N–H and O–H groups in total. The summed E-state index contributed by atoms with van der Waals surface area (Å²) in [4.78, 5) is 18.6. The standard InChI is InChI=1S/C26H40N4O3/c1-20(2)13-17-30(18-14-21(3)4)26(27)29-16-8-7-15-28-25(31)12-10-22-9-11-23(32-5)24(19-22)33-6/h9-14,19H,7-8,15-18H2,1-6H3,(H2,27,29)(H,28,31)/b12-10+. The molecule has 0 saturated carbocycles. The van der Waals surface area contributed by atoms with Gasteiger partial charge < -0.3 is 25.4 Å². The van der Waals surface area contributed by atoms with Crippen LogP contribution >= 0.6 is 0 Å². The van der Waals surface area contributed by atoms with Gasteiger partial charge in [0.2, 0.25) is 5.91 Å². The number of carbonyl (C=O) groups excluding carboxylic acids is 1. The van der Waals surface area contributed by atoms with Crippen molar-refractivity contribution in [2.45, 2.75) is 40.5 Å². The molecule has 7 nitrogen and oxygen atoms in total. The Kier molecular flexibility index (Phi) is 13.1. The number of aliphatic imine (C=N–C) groups is 1. The third-order valence-corrected chi connectivity index (χ3v) is 4.76. The Morgan fingerprint density at radius 2 is 1.67 bits per heavy atom. The normalized spacial score (nSPS) is 11.2. The number of unbranched alkanes of at least 4 members (excludes halogenated alkanes) is 1. The highest BCUT2D eigenvalue weighted by atomic mass is 16.5. The van der Waals surface area contributed by atoms with Gasteiger partial charge in [-0.15, -0.1) is 0 Å². The number of nitrogens with one attached hydrogen (secondary N) is 1. The van der Waals surface area contributed by atoms with E-state index >= 15 is 0 Å². The minimum Gasteiger partial charge on any atom is -0.493 e. The predicted molar refractivity (Wildman–Crippen MR) is 138 cm³/mol. The third kappa shape index (κ3) is 11.8. The number of ether oxygens (including phenoxy) is 2. The zero-order valence-electron chi connectivity index (χ0n) is 21.0. The fourth-order valence-electron chi connectivity index (χ4n) is 2.78. The van der Waals surface area contributed by atoms with E-state index in [1.165, 1.54) is 17.2 Å². The molecule has 0 unspecified atom stereocenters. The summed E-state index contributed by atoms with van der Waals surface area (Å²) in [6.07, 6.45) is 9.23. The molecule has 0 aliphatic carbocycles. The quantitative estimate of drug-likeness (QED) is 0.153. The lowest BCUT2D eigenvalue weighted by Crippen LogP contribution is -2.38. The Morgan fingerprint density at radius 3 is 2.24 bits per heavy atom. The first kappa shape index (κ1) is 27.8. The fraction of sp³-hybridized carbons (Fsp3) is 0.462. The van der Waals surface area contributed by atoms with Gasteiger partial charge in [0.1, 0.15) is 0 Å². The molecule has 1 amide bonds. The van der Waals surface area contributed by atoms with Crippen LogP contribution < -0.4 is 20.5 Å². The molecule has 0 aromatic heterocycles. The average molecular weight is 457 g/mol. The summed E-state index contributed by atoms with van der Waals surface area (Å²) in [6, 6.07) is 5.50. The van der Waals surface area contributed by atoms with E-state index in [-0.39, 0.29) is 5.91 Å². The van der Waals surface area contributed by atoms with Gasteiger partial charge in [0.15, 0.2) is 17.5 Å². The summed E-state index contributed by atoms with van der Waals surface area (Å²) >= 11 is 0. The third-order valence-electron chi connectivity index (χ3n) is 4.76. The zero-order chi connectivity index (χ0) is 24.6. The average Bonchev–Trinajstić information content (AvgIpc) is 2.79. The number of nitrogens with zero attached hydrogens (tertiary/aromatic N) is 2. The van der Waals surface area contributed by atoms with E-state index in [0.717, 1.165) is 31.5 Å². The monoisotopic (exact) mass is 456 g/mol. The Morgan fingerprint density at radius 1 is 1.03 bits per heavy atom. The Bertz CT molecular complexity index is 844. The molecule has 1 aromatic carbocycles. The van der Waals surface area contributed by atoms with Gasteiger partial charge in [0, 0.05) is 32.3 Å². The maximum Gasteiger partial charge on any atom is 0.243 e. The molecule has 1 aromatic rings. The molecule has 0 aliphatic rings. The van der Waals surface area contributed by atoms with E-state index in [2.05, 4.69) is 55.1 Å². The number of hydrogen-bond acceptors (Lipinski definition) is 4. The van der Waals surface area contributed by atoms with Crippen molar-refractivity contribution >= 4 is 17.9 Å². The first-order chi connectivity index (χ1) is 15.8. The molecule has 0 heterocycles. The number of allylic oxidation sites excluding steroid dienone is 2. The molecule has 33 heavy (non-hydrogen) atoms. The molecule has 0 spiro atoms. The predicted octanol–water partition coefficient (Wildman–Crippen LogP) is 4.16. The first-order valence-corrected chi connectivity index (χ1v) is 11.3. The smallest absolute Gasteiger partial charge is 0.243 e. The van der Waals surface area contributed by atoms with Crippen LogP contribution in [0.1, 0.15) is 46.1 Å². The Labute approximate surface area is 199 Å². The van der Waals surface area contributed by atoms with Crippen molar-refractivity contribution in [1.29, 1.82) is 0 Å². The van der Waals surface area contributed by atoms with Crippen LogP contribution in [-0.4, -0.2) is 57.2 Å². The topological polar surface area (TPSA) is 89.2 Å². The number of carbonyl (C=O) groups is 1.